The number of rotatable bonds is 9. The van der Waals surface area contributed by atoms with Crippen LogP contribution in [0.5, 0.6) is 0 Å². The Morgan fingerprint density at radius 2 is 0.742 bits per heavy atom. The molecule has 11 rings (SSSR count). The van der Waals surface area contributed by atoms with Gasteiger partial charge in [0.2, 0.25) is 0 Å². The van der Waals surface area contributed by atoms with Crippen molar-refractivity contribution in [3.8, 4) is 67.5 Å². The predicted molar refractivity (Wildman–Crippen MR) is 254 cm³/mol. The summed E-state index contributed by atoms with van der Waals surface area (Å²) < 4.78 is 6.77. The van der Waals surface area contributed by atoms with E-state index in [9.17, 15) is 0 Å². The van der Waals surface area contributed by atoms with Gasteiger partial charge in [-0.05, 0) is 82.4 Å². The van der Waals surface area contributed by atoms with E-state index in [2.05, 4.69) is 163 Å². The van der Waals surface area contributed by atoms with E-state index in [1.807, 2.05) is 72.8 Å². The Bertz CT molecular complexity index is 3260. The van der Waals surface area contributed by atoms with Crippen LogP contribution in [-0.4, -0.2) is 15.0 Å². The van der Waals surface area contributed by atoms with Gasteiger partial charge in [0.15, 0.2) is 17.5 Å². The highest BCUT2D eigenvalue weighted by Crippen LogP contribution is 2.43. The van der Waals surface area contributed by atoms with Gasteiger partial charge < -0.3 is 9.32 Å². The van der Waals surface area contributed by atoms with Crippen LogP contribution in [0.3, 0.4) is 0 Å². The molecule has 9 aromatic carbocycles. The van der Waals surface area contributed by atoms with Gasteiger partial charge in [0, 0.05) is 50.1 Å². The van der Waals surface area contributed by atoms with Crippen molar-refractivity contribution in [1.29, 1.82) is 0 Å². The summed E-state index contributed by atoms with van der Waals surface area (Å²) in [5.41, 5.74) is 14.3. The third-order valence-electron chi connectivity index (χ3n) is 11.3. The molecule has 0 aliphatic carbocycles. The number of anilines is 3. The molecule has 0 unspecified atom stereocenters. The summed E-state index contributed by atoms with van der Waals surface area (Å²) >= 11 is 0. The molecule has 0 fully saturated rings. The molecule has 0 aliphatic heterocycles. The van der Waals surface area contributed by atoms with Crippen LogP contribution < -0.4 is 4.90 Å². The van der Waals surface area contributed by atoms with Crippen LogP contribution in [0.1, 0.15) is 0 Å². The number of hydrogen-bond acceptors (Lipinski definition) is 5. The van der Waals surface area contributed by atoms with Crippen molar-refractivity contribution in [3.63, 3.8) is 0 Å². The average molecular weight is 795 g/mol. The lowest BCUT2D eigenvalue weighted by atomic mass is 9.94. The molecule has 0 radical (unpaired) electrons. The first-order valence-electron chi connectivity index (χ1n) is 20.8. The zero-order chi connectivity index (χ0) is 41.2. The Hall–Kier alpha value is -8.41. The number of para-hydroxylation sites is 2. The summed E-state index contributed by atoms with van der Waals surface area (Å²) in [5.74, 6) is 1.86. The smallest absolute Gasteiger partial charge is 0.164 e. The minimum atomic E-state index is 0.605. The van der Waals surface area contributed by atoms with Crippen LogP contribution in [0.15, 0.2) is 235 Å². The molecule has 292 valence electrons. The Balaban J connectivity index is 0.990. The number of fused-ring (bicyclic) bond motifs is 3. The highest BCUT2D eigenvalue weighted by molar-refractivity contribution is 6.16. The molecule has 62 heavy (non-hydrogen) atoms. The van der Waals surface area contributed by atoms with Crippen LogP contribution in [-0.2, 0) is 0 Å². The number of nitrogens with zero attached hydrogens (tertiary/aromatic N) is 4. The van der Waals surface area contributed by atoms with Crippen molar-refractivity contribution < 1.29 is 4.42 Å². The molecule has 0 atom stereocenters. The van der Waals surface area contributed by atoms with Gasteiger partial charge in [-0.3, -0.25) is 0 Å². The molecule has 0 aliphatic rings. The maximum absolute atomic E-state index is 6.77. The summed E-state index contributed by atoms with van der Waals surface area (Å²) in [5, 5.41) is 2.15. The Morgan fingerprint density at radius 3 is 1.35 bits per heavy atom. The topological polar surface area (TPSA) is 55.1 Å². The molecule has 5 heteroatoms. The van der Waals surface area contributed by atoms with E-state index in [0.29, 0.717) is 17.5 Å². The third kappa shape index (κ3) is 6.97. The fraction of sp³-hybridized carbons (Fsp3) is 0. The number of furan rings is 1. The van der Waals surface area contributed by atoms with Crippen molar-refractivity contribution in [3.05, 3.63) is 231 Å². The second kappa shape index (κ2) is 16.0. The lowest BCUT2D eigenvalue weighted by molar-refractivity contribution is 0.670. The molecule has 0 bridgehead atoms. The first-order chi connectivity index (χ1) is 30.7. The van der Waals surface area contributed by atoms with Crippen molar-refractivity contribution in [1.82, 2.24) is 15.0 Å². The Labute approximate surface area is 359 Å². The van der Waals surface area contributed by atoms with E-state index in [1.165, 1.54) is 11.1 Å². The molecule has 0 amide bonds. The monoisotopic (exact) mass is 794 g/mol. The van der Waals surface area contributed by atoms with Crippen molar-refractivity contribution in [2.24, 2.45) is 0 Å². The first kappa shape index (κ1) is 36.7. The van der Waals surface area contributed by atoms with Crippen LogP contribution in [0.2, 0.25) is 0 Å². The first-order valence-corrected chi connectivity index (χ1v) is 20.8. The molecular formula is C57H38N4O. The van der Waals surface area contributed by atoms with E-state index in [4.69, 9.17) is 19.4 Å². The third-order valence-corrected chi connectivity index (χ3v) is 11.3. The lowest BCUT2D eigenvalue weighted by Gasteiger charge is -2.26. The quantitative estimate of drug-likeness (QED) is 0.146. The summed E-state index contributed by atoms with van der Waals surface area (Å²) in [7, 11) is 0. The summed E-state index contributed by atoms with van der Waals surface area (Å²) in [4.78, 5) is 17.2. The lowest BCUT2D eigenvalue weighted by Crippen LogP contribution is -2.09. The second-order valence-electron chi connectivity index (χ2n) is 15.2. The normalized spacial score (nSPS) is 11.2. The van der Waals surface area contributed by atoms with E-state index >= 15 is 0 Å². The predicted octanol–water partition coefficient (Wildman–Crippen LogP) is 15.2. The molecular weight excluding hydrogens is 757 g/mol. The van der Waals surface area contributed by atoms with E-state index in [0.717, 1.165) is 77.9 Å². The summed E-state index contributed by atoms with van der Waals surface area (Å²) in [6.45, 7) is 0. The maximum atomic E-state index is 6.77. The van der Waals surface area contributed by atoms with Crippen LogP contribution in [0, 0.1) is 0 Å². The largest absolute Gasteiger partial charge is 0.455 e. The minimum Gasteiger partial charge on any atom is -0.455 e. The van der Waals surface area contributed by atoms with Gasteiger partial charge >= 0.3 is 0 Å². The van der Waals surface area contributed by atoms with E-state index in [-0.39, 0.29) is 0 Å². The molecule has 0 saturated carbocycles. The molecule has 5 nitrogen and oxygen atoms in total. The van der Waals surface area contributed by atoms with Gasteiger partial charge in [0.1, 0.15) is 11.2 Å². The van der Waals surface area contributed by atoms with E-state index < -0.39 is 0 Å². The van der Waals surface area contributed by atoms with Gasteiger partial charge in [0.05, 0.1) is 0 Å². The molecule has 0 spiro atoms. The zero-order valence-corrected chi connectivity index (χ0v) is 33.6. The maximum Gasteiger partial charge on any atom is 0.164 e. The van der Waals surface area contributed by atoms with Gasteiger partial charge in [-0.1, -0.05) is 176 Å². The highest BCUT2D eigenvalue weighted by Gasteiger charge is 2.20. The van der Waals surface area contributed by atoms with Gasteiger partial charge in [-0.2, -0.15) is 0 Å². The second-order valence-corrected chi connectivity index (χ2v) is 15.2. The summed E-state index contributed by atoms with van der Waals surface area (Å²) in [6.07, 6.45) is 0. The highest BCUT2D eigenvalue weighted by atomic mass is 16.3. The van der Waals surface area contributed by atoms with Gasteiger partial charge in [0.25, 0.3) is 0 Å². The van der Waals surface area contributed by atoms with Crippen molar-refractivity contribution in [2.75, 3.05) is 4.90 Å². The van der Waals surface area contributed by atoms with Crippen LogP contribution in [0.4, 0.5) is 17.1 Å². The number of benzene rings is 9. The Morgan fingerprint density at radius 1 is 0.306 bits per heavy atom. The number of hydrogen-bond donors (Lipinski definition) is 0. The van der Waals surface area contributed by atoms with Crippen molar-refractivity contribution in [2.45, 2.75) is 0 Å². The number of aromatic nitrogens is 3. The molecule has 2 aromatic heterocycles. The standard InChI is InChI=1S/C57H38N4O/c1-5-16-39(17-6-1)40-28-32-47(33-29-40)61(46-24-11-4-12-25-46)48-34-30-41(31-35-48)49-36-37-50(54-53(49)51-26-13-14-27-52(51)62-54)44-22-15-23-45(38-44)57-59-55(42-18-7-2-8-19-42)58-56(60-57)43-20-9-3-10-21-43/h1-38H. The average Bonchev–Trinajstić information content (AvgIpc) is 3.75. The van der Waals surface area contributed by atoms with E-state index in [1.54, 1.807) is 0 Å². The van der Waals surface area contributed by atoms with Crippen LogP contribution in [0.25, 0.3) is 89.5 Å². The van der Waals surface area contributed by atoms with Gasteiger partial charge in [-0.25, -0.2) is 15.0 Å². The molecule has 0 N–H and O–H groups in total. The summed E-state index contributed by atoms with van der Waals surface area (Å²) in [6, 6.07) is 79.9. The molecule has 11 aromatic rings. The molecule has 2 heterocycles. The van der Waals surface area contributed by atoms with Gasteiger partial charge in [-0.15, -0.1) is 0 Å². The minimum absolute atomic E-state index is 0.605. The van der Waals surface area contributed by atoms with Crippen molar-refractivity contribution >= 4 is 39.0 Å². The Kier molecular flexibility index (Phi) is 9.45. The fourth-order valence-electron chi connectivity index (χ4n) is 8.31. The fourth-order valence-corrected chi connectivity index (χ4v) is 8.31. The SMILES string of the molecule is c1ccc(-c2ccc(N(c3ccccc3)c3ccc(-c4ccc(-c5cccc(-c6nc(-c7ccccc7)nc(-c7ccccc7)n6)c5)c5oc6ccccc6c45)cc3)cc2)cc1. The zero-order valence-electron chi connectivity index (χ0n) is 33.6. The van der Waals surface area contributed by atoms with Crippen LogP contribution >= 0.6 is 0 Å². The molecule has 0 saturated heterocycles.